The van der Waals surface area contributed by atoms with E-state index >= 15 is 0 Å². The highest BCUT2D eigenvalue weighted by Gasteiger charge is 2.35. The van der Waals surface area contributed by atoms with Gasteiger partial charge in [-0.25, -0.2) is 0 Å². The molecule has 4 rings (SSSR count). The Kier molecular flexibility index (Phi) is 2.81. The predicted molar refractivity (Wildman–Crippen MR) is 94.8 cm³/mol. The lowest BCUT2D eigenvalue weighted by atomic mass is 9.81. The van der Waals surface area contributed by atoms with E-state index in [9.17, 15) is 0 Å². The van der Waals surface area contributed by atoms with E-state index in [1.165, 1.54) is 33.4 Å². The van der Waals surface area contributed by atoms with Crippen LogP contribution in [-0.2, 0) is 5.41 Å². The fraction of sp³-hybridized carbons (Fsp3) is 0.143. The minimum Gasteiger partial charge on any atom is -0.0966 e. The smallest absolute Gasteiger partial charge is 0.0966 e. The van der Waals surface area contributed by atoms with Crippen LogP contribution in [0.2, 0.25) is 0 Å². The summed E-state index contributed by atoms with van der Waals surface area (Å²) in [5.74, 6) is 0. The van der Waals surface area contributed by atoms with Gasteiger partial charge in [0.15, 0.2) is 0 Å². The number of hydrogen-bond acceptors (Lipinski definition) is 0. The maximum atomic E-state index is 5.80. The van der Waals surface area contributed by atoms with Gasteiger partial charge < -0.3 is 0 Å². The second-order valence-electron chi connectivity index (χ2n) is 6.55. The first-order valence-corrected chi connectivity index (χ1v) is 7.68. The number of fused-ring (bicyclic) bond motifs is 3. The maximum Gasteiger partial charge on any atom is 0.113 e. The Hall–Kier alpha value is -2.28. The zero-order valence-electron chi connectivity index (χ0n) is 12.9. The van der Waals surface area contributed by atoms with E-state index in [4.69, 9.17) is 7.85 Å². The molecule has 1 aliphatic carbocycles. The molecule has 104 valence electrons. The second-order valence-corrected chi connectivity index (χ2v) is 6.55. The van der Waals surface area contributed by atoms with Crippen LogP contribution in [0, 0.1) is 0 Å². The van der Waals surface area contributed by atoms with E-state index in [1.54, 1.807) is 0 Å². The SMILES string of the molecule is [B]c1ccc(-c2ccc3c(c2)C(C)(C)c2ccccc2-3)cc1. The van der Waals surface area contributed by atoms with Crippen molar-refractivity contribution in [2.24, 2.45) is 0 Å². The van der Waals surface area contributed by atoms with Gasteiger partial charge >= 0.3 is 0 Å². The van der Waals surface area contributed by atoms with Crippen LogP contribution in [0.1, 0.15) is 25.0 Å². The molecule has 0 amide bonds. The van der Waals surface area contributed by atoms with Gasteiger partial charge in [-0.1, -0.05) is 80.0 Å². The molecule has 0 atom stereocenters. The van der Waals surface area contributed by atoms with Crippen molar-refractivity contribution in [1.29, 1.82) is 0 Å². The Morgan fingerprint density at radius 2 is 1.32 bits per heavy atom. The molecule has 1 heteroatoms. The molecule has 22 heavy (non-hydrogen) atoms. The fourth-order valence-corrected chi connectivity index (χ4v) is 3.56. The van der Waals surface area contributed by atoms with E-state index in [1.807, 2.05) is 12.1 Å². The molecule has 1 aliphatic rings. The summed E-state index contributed by atoms with van der Waals surface area (Å²) in [5, 5.41) is 0. The molecule has 0 aromatic heterocycles. The van der Waals surface area contributed by atoms with Crippen LogP contribution < -0.4 is 5.46 Å². The Labute approximate surface area is 133 Å². The largest absolute Gasteiger partial charge is 0.113 e. The Morgan fingerprint density at radius 1 is 0.682 bits per heavy atom. The third-order valence-corrected chi connectivity index (χ3v) is 4.83. The average molecular weight is 280 g/mol. The van der Waals surface area contributed by atoms with Crippen LogP contribution in [0.25, 0.3) is 22.3 Å². The van der Waals surface area contributed by atoms with Gasteiger partial charge in [0, 0.05) is 5.41 Å². The van der Waals surface area contributed by atoms with Crippen molar-refractivity contribution in [2.75, 3.05) is 0 Å². The Morgan fingerprint density at radius 3 is 2.09 bits per heavy atom. The molecule has 0 fully saturated rings. The molecule has 0 aliphatic heterocycles. The van der Waals surface area contributed by atoms with Crippen molar-refractivity contribution in [3.05, 3.63) is 77.9 Å². The van der Waals surface area contributed by atoms with E-state index < -0.39 is 0 Å². The van der Waals surface area contributed by atoms with Crippen molar-refractivity contribution in [2.45, 2.75) is 19.3 Å². The van der Waals surface area contributed by atoms with Crippen molar-refractivity contribution in [3.63, 3.8) is 0 Å². The van der Waals surface area contributed by atoms with Crippen molar-refractivity contribution in [3.8, 4) is 22.3 Å². The van der Waals surface area contributed by atoms with Gasteiger partial charge in [0.05, 0.1) is 0 Å². The molecule has 0 saturated heterocycles. The standard InChI is InChI=1S/C21H17B/c1-21(2)19-6-4-3-5-17(19)18-12-9-15(13-20(18)21)14-7-10-16(22)11-8-14/h3-13H,1-2H3. The third kappa shape index (κ3) is 1.85. The number of hydrogen-bond donors (Lipinski definition) is 0. The molecule has 3 aromatic rings. The summed E-state index contributed by atoms with van der Waals surface area (Å²) in [6.07, 6.45) is 0. The average Bonchev–Trinajstić information content (AvgIpc) is 2.77. The van der Waals surface area contributed by atoms with Crippen molar-refractivity contribution >= 4 is 13.3 Å². The van der Waals surface area contributed by atoms with E-state index in [2.05, 4.69) is 68.4 Å². The van der Waals surface area contributed by atoms with Gasteiger partial charge in [-0.2, -0.15) is 0 Å². The van der Waals surface area contributed by atoms with Crippen molar-refractivity contribution in [1.82, 2.24) is 0 Å². The van der Waals surface area contributed by atoms with E-state index in [0.717, 1.165) is 5.46 Å². The lowest BCUT2D eigenvalue weighted by molar-refractivity contribution is 0.660. The van der Waals surface area contributed by atoms with Crippen LogP contribution in [0.3, 0.4) is 0 Å². The monoisotopic (exact) mass is 280 g/mol. The van der Waals surface area contributed by atoms with Gasteiger partial charge in [-0.3, -0.25) is 0 Å². The second kappa shape index (κ2) is 4.61. The molecular formula is C21H17B. The minimum atomic E-state index is 0.0513. The zero-order chi connectivity index (χ0) is 15.3. The lowest BCUT2D eigenvalue weighted by Gasteiger charge is -2.22. The quantitative estimate of drug-likeness (QED) is 0.577. The summed E-state index contributed by atoms with van der Waals surface area (Å²) in [7, 11) is 5.80. The van der Waals surface area contributed by atoms with Gasteiger partial charge in [0.2, 0.25) is 0 Å². The first-order valence-electron chi connectivity index (χ1n) is 7.68. The van der Waals surface area contributed by atoms with E-state index in [0.29, 0.717) is 0 Å². The van der Waals surface area contributed by atoms with Gasteiger partial charge in [0.25, 0.3) is 0 Å². The van der Waals surface area contributed by atoms with Crippen molar-refractivity contribution < 1.29 is 0 Å². The zero-order valence-corrected chi connectivity index (χ0v) is 12.9. The summed E-state index contributed by atoms with van der Waals surface area (Å²) in [6.45, 7) is 4.62. The topological polar surface area (TPSA) is 0 Å². The summed E-state index contributed by atoms with van der Waals surface area (Å²) in [6, 6.07) is 23.6. The molecular weight excluding hydrogens is 263 g/mol. The van der Waals surface area contributed by atoms with Gasteiger partial charge in [-0.05, 0) is 39.4 Å². The lowest BCUT2D eigenvalue weighted by Crippen LogP contribution is -2.14. The molecule has 0 saturated carbocycles. The van der Waals surface area contributed by atoms with Crippen LogP contribution in [0.15, 0.2) is 66.7 Å². The molecule has 3 aromatic carbocycles. The summed E-state index contributed by atoms with van der Waals surface area (Å²) < 4.78 is 0. The highest BCUT2D eigenvalue weighted by atomic mass is 14.4. The van der Waals surface area contributed by atoms with Crippen LogP contribution in [-0.4, -0.2) is 7.85 Å². The summed E-state index contributed by atoms with van der Waals surface area (Å²) >= 11 is 0. The normalized spacial score (nSPS) is 14.5. The molecule has 2 radical (unpaired) electrons. The Balaban J connectivity index is 1.90. The molecule has 0 N–H and O–H groups in total. The number of benzene rings is 3. The third-order valence-electron chi connectivity index (χ3n) is 4.83. The molecule has 0 heterocycles. The minimum absolute atomic E-state index is 0.0513. The van der Waals surface area contributed by atoms with Gasteiger partial charge in [-0.15, -0.1) is 0 Å². The summed E-state index contributed by atoms with van der Waals surface area (Å²) in [5.41, 5.74) is 8.87. The van der Waals surface area contributed by atoms with Crippen LogP contribution in [0.4, 0.5) is 0 Å². The maximum absolute atomic E-state index is 5.80. The highest BCUT2D eigenvalue weighted by molar-refractivity contribution is 6.32. The first kappa shape index (κ1) is 13.4. The van der Waals surface area contributed by atoms with Crippen LogP contribution in [0.5, 0.6) is 0 Å². The molecule has 0 bridgehead atoms. The molecule has 0 unspecified atom stereocenters. The summed E-state index contributed by atoms with van der Waals surface area (Å²) in [4.78, 5) is 0. The predicted octanol–water partition coefficient (Wildman–Crippen LogP) is 4.45. The molecule has 0 spiro atoms. The van der Waals surface area contributed by atoms with Crippen LogP contribution >= 0.6 is 0 Å². The van der Waals surface area contributed by atoms with E-state index in [-0.39, 0.29) is 5.41 Å². The molecule has 0 nitrogen and oxygen atoms in total. The fourth-order valence-electron chi connectivity index (χ4n) is 3.56. The first-order chi connectivity index (χ1) is 10.6. The van der Waals surface area contributed by atoms with Gasteiger partial charge in [0.1, 0.15) is 7.85 Å². The number of rotatable bonds is 1. The Bertz CT molecular complexity index is 857. The highest BCUT2D eigenvalue weighted by Crippen LogP contribution is 2.49.